The lowest BCUT2D eigenvalue weighted by Crippen LogP contribution is -2.24. The van der Waals surface area contributed by atoms with Crippen LogP contribution >= 0.6 is 22.6 Å². The van der Waals surface area contributed by atoms with Crippen molar-refractivity contribution < 1.29 is 61.6 Å². The summed E-state index contributed by atoms with van der Waals surface area (Å²) in [6, 6.07) is 0. The number of hydrogen-bond donors (Lipinski definition) is 0. The first-order valence-corrected chi connectivity index (χ1v) is 17.1. The molecule has 1 unspecified atom stereocenters. The lowest BCUT2D eigenvalue weighted by molar-refractivity contribution is -0.169. The zero-order chi connectivity index (χ0) is 30.6. The predicted molar refractivity (Wildman–Crippen MR) is 167 cm³/mol. The summed E-state index contributed by atoms with van der Waals surface area (Å²) in [4.78, 5) is 0. The van der Waals surface area contributed by atoms with Gasteiger partial charge in [-0.25, -0.2) is 0 Å². The molecule has 14 heteroatoms. The van der Waals surface area contributed by atoms with Crippen molar-refractivity contribution in [1.29, 1.82) is 0 Å². The molecular formula is C29H57IO13. The molecule has 1 aliphatic rings. The number of halogens is 1. The molecule has 258 valence electrons. The standard InChI is InChI=1S/C29H57IO13/c30-4-6-31-7-8-32-9-10-33-11-12-34-13-14-35-15-16-36-17-18-37-19-20-38-21-22-39-23-24-40-25-26-41-27-28-43-29-3-1-2-5-42-29/h29H,1-28H2. The van der Waals surface area contributed by atoms with E-state index < -0.39 is 0 Å². The smallest absolute Gasteiger partial charge is 0.157 e. The van der Waals surface area contributed by atoms with Crippen LogP contribution < -0.4 is 0 Å². The van der Waals surface area contributed by atoms with Crippen molar-refractivity contribution in [1.82, 2.24) is 0 Å². The summed E-state index contributed by atoms with van der Waals surface area (Å²) in [5.74, 6) is 0. The van der Waals surface area contributed by atoms with Crippen LogP contribution in [0.3, 0.4) is 0 Å². The molecule has 0 saturated carbocycles. The average molecular weight is 741 g/mol. The fourth-order valence-corrected chi connectivity index (χ4v) is 3.75. The second kappa shape index (κ2) is 36.7. The Kier molecular flexibility index (Phi) is 35.2. The molecular weight excluding hydrogens is 683 g/mol. The van der Waals surface area contributed by atoms with E-state index in [0.29, 0.717) is 145 Å². The molecule has 13 nitrogen and oxygen atoms in total. The molecule has 0 aromatic rings. The van der Waals surface area contributed by atoms with Crippen LogP contribution in [0.15, 0.2) is 0 Å². The van der Waals surface area contributed by atoms with E-state index in [2.05, 4.69) is 22.6 Å². The van der Waals surface area contributed by atoms with Crippen LogP contribution in [0.25, 0.3) is 0 Å². The number of alkyl halides is 1. The average Bonchev–Trinajstić information content (AvgIpc) is 3.03. The second-order valence-corrected chi connectivity index (χ2v) is 10.2. The molecule has 0 aromatic heterocycles. The van der Waals surface area contributed by atoms with Crippen LogP contribution in [-0.2, 0) is 61.6 Å². The molecule has 0 N–H and O–H groups in total. The van der Waals surface area contributed by atoms with E-state index in [0.717, 1.165) is 30.5 Å². The molecule has 0 spiro atoms. The van der Waals surface area contributed by atoms with Crippen LogP contribution in [0.4, 0.5) is 0 Å². The van der Waals surface area contributed by atoms with Gasteiger partial charge in [-0.3, -0.25) is 0 Å². The van der Waals surface area contributed by atoms with Crippen LogP contribution in [0.5, 0.6) is 0 Å². The van der Waals surface area contributed by atoms with Gasteiger partial charge in [0.2, 0.25) is 0 Å². The second-order valence-electron chi connectivity index (χ2n) is 9.09. The van der Waals surface area contributed by atoms with Gasteiger partial charge in [-0.1, -0.05) is 22.6 Å². The summed E-state index contributed by atoms with van der Waals surface area (Å²) in [5.41, 5.74) is 0. The third-order valence-corrected chi connectivity index (χ3v) is 6.05. The van der Waals surface area contributed by atoms with E-state index in [1.54, 1.807) is 0 Å². The molecule has 0 bridgehead atoms. The lowest BCUT2D eigenvalue weighted by atomic mass is 10.2. The first-order valence-electron chi connectivity index (χ1n) is 15.6. The highest BCUT2D eigenvalue weighted by Crippen LogP contribution is 2.13. The van der Waals surface area contributed by atoms with Crippen molar-refractivity contribution in [2.45, 2.75) is 25.6 Å². The van der Waals surface area contributed by atoms with Crippen LogP contribution in [0.1, 0.15) is 19.3 Å². The van der Waals surface area contributed by atoms with Crippen molar-refractivity contribution in [2.75, 3.05) is 163 Å². The molecule has 0 aliphatic carbocycles. The minimum absolute atomic E-state index is 0.0636. The third kappa shape index (κ3) is 33.4. The summed E-state index contributed by atoms with van der Waals surface area (Å²) in [5, 5.41) is 0. The minimum atomic E-state index is -0.0636. The molecule has 1 aliphatic heterocycles. The van der Waals surface area contributed by atoms with Gasteiger partial charge in [-0.05, 0) is 19.3 Å². The monoisotopic (exact) mass is 740 g/mol. The third-order valence-electron chi connectivity index (χ3n) is 5.61. The van der Waals surface area contributed by atoms with Crippen molar-refractivity contribution in [2.24, 2.45) is 0 Å². The van der Waals surface area contributed by atoms with Crippen LogP contribution in [0.2, 0.25) is 0 Å². The van der Waals surface area contributed by atoms with E-state index in [1.165, 1.54) is 6.42 Å². The maximum atomic E-state index is 5.61. The Morgan fingerprint density at radius 2 is 0.651 bits per heavy atom. The van der Waals surface area contributed by atoms with Gasteiger partial charge in [0.25, 0.3) is 0 Å². The normalized spacial score (nSPS) is 15.4. The van der Waals surface area contributed by atoms with E-state index in [4.69, 9.17) is 61.6 Å². The highest BCUT2D eigenvalue weighted by atomic mass is 127. The molecule has 1 saturated heterocycles. The fraction of sp³-hybridized carbons (Fsp3) is 1.00. The van der Waals surface area contributed by atoms with E-state index in [1.807, 2.05) is 0 Å². The summed E-state index contributed by atoms with van der Waals surface area (Å²) >= 11 is 2.28. The molecule has 43 heavy (non-hydrogen) atoms. The summed E-state index contributed by atoms with van der Waals surface area (Å²) in [7, 11) is 0. The lowest BCUT2D eigenvalue weighted by Gasteiger charge is -2.22. The van der Waals surface area contributed by atoms with Gasteiger partial charge in [0.15, 0.2) is 6.29 Å². The zero-order valence-electron chi connectivity index (χ0n) is 26.1. The van der Waals surface area contributed by atoms with Gasteiger partial charge >= 0.3 is 0 Å². The fourth-order valence-electron chi connectivity index (χ4n) is 3.44. The van der Waals surface area contributed by atoms with Crippen molar-refractivity contribution in [3.63, 3.8) is 0 Å². The predicted octanol–water partition coefficient (Wildman–Crippen LogP) is 2.15. The molecule has 0 aromatic carbocycles. The first-order chi connectivity index (χ1) is 21.4. The maximum Gasteiger partial charge on any atom is 0.157 e. The molecule has 1 heterocycles. The summed E-state index contributed by atoms with van der Waals surface area (Å²) < 4.78 is 72.1. The summed E-state index contributed by atoms with van der Waals surface area (Å²) in [6.45, 7) is 13.4. The molecule has 0 amide bonds. The molecule has 1 rings (SSSR count). The molecule has 1 fully saturated rings. The van der Waals surface area contributed by atoms with Crippen LogP contribution in [-0.4, -0.2) is 169 Å². The van der Waals surface area contributed by atoms with Gasteiger partial charge in [0.05, 0.1) is 152 Å². The Hall–Kier alpha value is 0.210. The highest BCUT2D eigenvalue weighted by Gasteiger charge is 2.13. The topological polar surface area (TPSA) is 120 Å². The molecule has 1 atom stereocenters. The van der Waals surface area contributed by atoms with Gasteiger partial charge in [-0.15, -0.1) is 0 Å². The number of rotatable bonds is 36. The Morgan fingerprint density at radius 3 is 0.907 bits per heavy atom. The number of hydrogen-bond acceptors (Lipinski definition) is 13. The van der Waals surface area contributed by atoms with E-state index >= 15 is 0 Å². The quantitative estimate of drug-likeness (QED) is 0.0531. The van der Waals surface area contributed by atoms with Crippen molar-refractivity contribution >= 4 is 22.6 Å². The maximum absolute atomic E-state index is 5.61. The highest BCUT2D eigenvalue weighted by molar-refractivity contribution is 14.1. The van der Waals surface area contributed by atoms with E-state index in [9.17, 15) is 0 Å². The Labute approximate surface area is 272 Å². The Morgan fingerprint density at radius 1 is 0.372 bits per heavy atom. The van der Waals surface area contributed by atoms with E-state index in [-0.39, 0.29) is 6.29 Å². The largest absolute Gasteiger partial charge is 0.378 e. The molecule has 0 radical (unpaired) electrons. The SMILES string of the molecule is ICCOCCOCCOCCOCCOCCOCCOCCOCCOCCOCCOCCOC1CCCCO1. The number of ether oxygens (including phenoxy) is 13. The zero-order valence-corrected chi connectivity index (χ0v) is 28.2. The Bertz CT molecular complexity index is 519. The minimum Gasteiger partial charge on any atom is -0.378 e. The van der Waals surface area contributed by atoms with Crippen molar-refractivity contribution in [3.8, 4) is 0 Å². The van der Waals surface area contributed by atoms with Gasteiger partial charge < -0.3 is 61.6 Å². The van der Waals surface area contributed by atoms with Crippen LogP contribution in [0, 0.1) is 0 Å². The van der Waals surface area contributed by atoms with Gasteiger partial charge in [0.1, 0.15) is 0 Å². The van der Waals surface area contributed by atoms with Crippen molar-refractivity contribution in [3.05, 3.63) is 0 Å². The summed E-state index contributed by atoms with van der Waals surface area (Å²) in [6.07, 6.45) is 3.20. The Balaban J connectivity index is 1.60. The van der Waals surface area contributed by atoms with Gasteiger partial charge in [-0.2, -0.15) is 0 Å². The first kappa shape index (κ1) is 41.2. The van der Waals surface area contributed by atoms with Gasteiger partial charge in [0, 0.05) is 11.0 Å².